The van der Waals surface area contributed by atoms with E-state index >= 15 is 0 Å². The molecule has 1 aromatic rings. The molecule has 0 saturated carbocycles. The second kappa shape index (κ2) is 6.70. The summed E-state index contributed by atoms with van der Waals surface area (Å²) in [4.78, 5) is 0. The van der Waals surface area contributed by atoms with Gasteiger partial charge in [0.25, 0.3) is 0 Å². The van der Waals surface area contributed by atoms with Crippen LogP contribution in [-0.4, -0.2) is 6.61 Å². The molecular formula is C15H21ClO. The molecule has 1 rings (SSSR count). The predicted octanol–water partition coefficient (Wildman–Crippen LogP) is 4.86. The summed E-state index contributed by atoms with van der Waals surface area (Å²) >= 11 is 6.29. The van der Waals surface area contributed by atoms with Gasteiger partial charge in [0.2, 0.25) is 0 Å². The average Bonchev–Trinajstić information content (AvgIpc) is 2.32. The molecule has 17 heavy (non-hydrogen) atoms. The van der Waals surface area contributed by atoms with Crippen LogP contribution in [-0.2, 0) is 6.42 Å². The topological polar surface area (TPSA) is 9.23 Å². The van der Waals surface area contributed by atoms with Crippen LogP contribution in [0.2, 0.25) is 5.02 Å². The van der Waals surface area contributed by atoms with Gasteiger partial charge in [-0.3, -0.25) is 0 Å². The van der Waals surface area contributed by atoms with Crippen molar-refractivity contribution in [3.63, 3.8) is 0 Å². The summed E-state index contributed by atoms with van der Waals surface area (Å²) in [6.07, 6.45) is 4.83. The van der Waals surface area contributed by atoms with Gasteiger partial charge in [-0.15, -0.1) is 6.58 Å². The molecule has 0 fully saturated rings. The summed E-state index contributed by atoms with van der Waals surface area (Å²) in [5, 5.41) is 0.855. The van der Waals surface area contributed by atoms with E-state index in [1.165, 1.54) is 5.56 Å². The predicted molar refractivity (Wildman–Crippen MR) is 75.2 cm³/mol. The molecule has 0 aliphatic rings. The summed E-state index contributed by atoms with van der Waals surface area (Å²) in [5.41, 5.74) is 3.44. The van der Waals surface area contributed by atoms with E-state index in [2.05, 4.69) is 20.4 Å². The van der Waals surface area contributed by atoms with Gasteiger partial charge in [0.1, 0.15) is 5.75 Å². The van der Waals surface area contributed by atoms with Crippen molar-refractivity contribution in [2.24, 2.45) is 0 Å². The molecule has 94 valence electrons. The number of rotatable bonds is 6. The minimum Gasteiger partial charge on any atom is -0.493 e. The first kappa shape index (κ1) is 14.1. The first-order chi connectivity index (χ1) is 8.11. The van der Waals surface area contributed by atoms with Crippen LogP contribution >= 0.6 is 11.6 Å². The van der Waals surface area contributed by atoms with Crippen LogP contribution in [0.3, 0.4) is 0 Å². The van der Waals surface area contributed by atoms with Crippen LogP contribution in [0.25, 0.3) is 0 Å². The fourth-order valence-corrected chi connectivity index (χ4v) is 2.03. The highest BCUT2D eigenvalue weighted by Crippen LogP contribution is 2.32. The molecule has 0 aromatic heterocycles. The van der Waals surface area contributed by atoms with Crippen molar-refractivity contribution >= 4 is 11.6 Å². The molecule has 1 aromatic carbocycles. The number of hydrogen-bond donors (Lipinski definition) is 0. The number of allylic oxidation sites excluding steroid dienone is 1. The Bertz CT molecular complexity index is 396. The molecule has 0 heterocycles. The molecule has 0 aliphatic heterocycles. The van der Waals surface area contributed by atoms with Gasteiger partial charge in [-0.25, -0.2) is 0 Å². The van der Waals surface area contributed by atoms with E-state index in [1.807, 2.05) is 19.1 Å². The van der Waals surface area contributed by atoms with Crippen molar-refractivity contribution in [3.8, 4) is 5.75 Å². The van der Waals surface area contributed by atoms with E-state index in [9.17, 15) is 0 Å². The molecule has 0 spiro atoms. The molecular weight excluding hydrogens is 232 g/mol. The van der Waals surface area contributed by atoms with E-state index in [-0.39, 0.29) is 0 Å². The molecule has 0 bridgehead atoms. The second-order valence-electron chi connectivity index (χ2n) is 4.28. The molecule has 0 radical (unpaired) electrons. The quantitative estimate of drug-likeness (QED) is 0.657. The number of ether oxygens (including phenoxy) is 1. The summed E-state index contributed by atoms with van der Waals surface area (Å²) < 4.78 is 5.81. The highest BCUT2D eigenvalue weighted by Gasteiger charge is 2.12. The summed E-state index contributed by atoms with van der Waals surface area (Å²) in [6.45, 7) is 10.7. The third kappa shape index (κ3) is 3.50. The standard InChI is InChI=1S/C15H21ClO/c1-5-7-8-13-12(4)15(16)11(3)10-14(13)17-9-6-2/h5,10H,1,6-9H2,2-4H3. The number of aryl methyl sites for hydroxylation is 1. The van der Waals surface area contributed by atoms with Gasteiger partial charge in [-0.2, -0.15) is 0 Å². The van der Waals surface area contributed by atoms with Gasteiger partial charge in [0.15, 0.2) is 0 Å². The van der Waals surface area contributed by atoms with Gasteiger partial charge >= 0.3 is 0 Å². The van der Waals surface area contributed by atoms with Gasteiger partial charge in [-0.05, 0) is 55.9 Å². The Hall–Kier alpha value is -0.950. The first-order valence-electron chi connectivity index (χ1n) is 6.14. The summed E-state index contributed by atoms with van der Waals surface area (Å²) in [7, 11) is 0. The lowest BCUT2D eigenvalue weighted by Crippen LogP contribution is -2.02. The highest BCUT2D eigenvalue weighted by atomic mass is 35.5. The van der Waals surface area contributed by atoms with Gasteiger partial charge < -0.3 is 4.74 Å². The molecule has 0 aliphatic carbocycles. The zero-order valence-corrected chi connectivity index (χ0v) is 11.7. The molecule has 0 saturated heterocycles. The van der Waals surface area contributed by atoms with Crippen molar-refractivity contribution in [1.29, 1.82) is 0 Å². The van der Waals surface area contributed by atoms with Crippen LogP contribution in [0.1, 0.15) is 36.5 Å². The molecule has 2 heteroatoms. The Morgan fingerprint density at radius 2 is 2.12 bits per heavy atom. The van der Waals surface area contributed by atoms with Crippen LogP contribution in [0.5, 0.6) is 5.75 Å². The van der Waals surface area contributed by atoms with E-state index in [0.29, 0.717) is 0 Å². The minimum absolute atomic E-state index is 0.752. The van der Waals surface area contributed by atoms with Crippen molar-refractivity contribution in [2.45, 2.75) is 40.0 Å². The van der Waals surface area contributed by atoms with Crippen molar-refractivity contribution < 1.29 is 4.74 Å². The molecule has 0 atom stereocenters. The zero-order chi connectivity index (χ0) is 12.8. The number of halogens is 1. The lowest BCUT2D eigenvalue weighted by atomic mass is 10.00. The normalized spacial score (nSPS) is 10.4. The monoisotopic (exact) mass is 252 g/mol. The maximum absolute atomic E-state index is 6.29. The molecule has 0 unspecified atom stereocenters. The fourth-order valence-electron chi connectivity index (χ4n) is 1.86. The van der Waals surface area contributed by atoms with Crippen LogP contribution < -0.4 is 4.74 Å². The smallest absolute Gasteiger partial charge is 0.123 e. The first-order valence-corrected chi connectivity index (χ1v) is 6.51. The number of benzene rings is 1. The van der Waals surface area contributed by atoms with Crippen LogP contribution in [0.4, 0.5) is 0 Å². The highest BCUT2D eigenvalue weighted by molar-refractivity contribution is 6.32. The number of hydrogen-bond acceptors (Lipinski definition) is 1. The van der Waals surface area contributed by atoms with Crippen molar-refractivity contribution in [3.05, 3.63) is 40.4 Å². The van der Waals surface area contributed by atoms with Crippen molar-refractivity contribution in [1.82, 2.24) is 0 Å². The lowest BCUT2D eigenvalue weighted by Gasteiger charge is -2.16. The molecule has 1 nitrogen and oxygen atoms in total. The second-order valence-corrected chi connectivity index (χ2v) is 4.66. The maximum Gasteiger partial charge on any atom is 0.123 e. The average molecular weight is 253 g/mol. The Labute approximate surface area is 109 Å². The van der Waals surface area contributed by atoms with Crippen LogP contribution in [0, 0.1) is 13.8 Å². The van der Waals surface area contributed by atoms with Gasteiger partial charge in [-0.1, -0.05) is 24.6 Å². The Kier molecular flexibility index (Phi) is 5.57. The lowest BCUT2D eigenvalue weighted by molar-refractivity contribution is 0.313. The van der Waals surface area contributed by atoms with E-state index < -0.39 is 0 Å². The molecule has 0 N–H and O–H groups in total. The fraction of sp³-hybridized carbons (Fsp3) is 0.467. The van der Waals surface area contributed by atoms with Gasteiger partial charge in [0, 0.05) is 5.02 Å². The Balaban J connectivity index is 3.10. The summed E-state index contributed by atoms with van der Waals surface area (Å²) in [5.74, 6) is 0.980. The van der Waals surface area contributed by atoms with E-state index in [0.717, 1.165) is 47.8 Å². The Morgan fingerprint density at radius 3 is 2.71 bits per heavy atom. The zero-order valence-electron chi connectivity index (χ0n) is 11.0. The van der Waals surface area contributed by atoms with E-state index in [1.54, 1.807) is 0 Å². The minimum atomic E-state index is 0.752. The Morgan fingerprint density at radius 1 is 1.41 bits per heavy atom. The van der Waals surface area contributed by atoms with Gasteiger partial charge in [0.05, 0.1) is 6.61 Å². The van der Waals surface area contributed by atoms with Crippen molar-refractivity contribution in [2.75, 3.05) is 6.61 Å². The summed E-state index contributed by atoms with van der Waals surface area (Å²) in [6, 6.07) is 2.05. The third-order valence-electron chi connectivity index (χ3n) is 2.83. The maximum atomic E-state index is 6.29. The SMILES string of the molecule is C=CCCc1c(OCCC)cc(C)c(Cl)c1C. The largest absolute Gasteiger partial charge is 0.493 e. The molecule has 0 amide bonds. The van der Waals surface area contributed by atoms with Crippen LogP contribution in [0.15, 0.2) is 18.7 Å². The third-order valence-corrected chi connectivity index (χ3v) is 3.41. The van der Waals surface area contributed by atoms with E-state index in [4.69, 9.17) is 16.3 Å².